The van der Waals surface area contributed by atoms with Crippen LogP contribution in [-0.2, 0) is 13.0 Å². The first kappa shape index (κ1) is 20.3. The van der Waals surface area contributed by atoms with E-state index in [4.69, 9.17) is 17.3 Å². The summed E-state index contributed by atoms with van der Waals surface area (Å²) in [6.45, 7) is 1.92. The van der Waals surface area contributed by atoms with E-state index < -0.39 is 11.5 Å². The maximum atomic E-state index is 13.4. The first-order chi connectivity index (χ1) is 15.4. The maximum Gasteiger partial charge on any atom is 0.355 e. The smallest absolute Gasteiger partial charge is 0.355 e. The molecule has 0 saturated carbocycles. The SMILES string of the molecule is CN1CCc2ccc(Nc3ncc4c(N)n(-c5ccc(F)cc5Cl)c(=O)nc4n3)cc2C1. The van der Waals surface area contributed by atoms with Crippen LogP contribution in [0.2, 0.25) is 5.02 Å². The van der Waals surface area contributed by atoms with Gasteiger partial charge in [-0.05, 0) is 54.9 Å². The minimum Gasteiger partial charge on any atom is -0.384 e. The molecule has 0 unspecified atom stereocenters. The first-order valence-corrected chi connectivity index (χ1v) is 10.3. The minimum atomic E-state index is -0.676. The van der Waals surface area contributed by atoms with Gasteiger partial charge >= 0.3 is 5.69 Å². The largest absolute Gasteiger partial charge is 0.384 e. The normalized spacial score (nSPS) is 13.8. The van der Waals surface area contributed by atoms with Crippen molar-refractivity contribution in [2.24, 2.45) is 0 Å². The van der Waals surface area contributed by atoms with Crippen LogP contribution in [0.5, 0.6) is 0 Å². The van der Waals surface area contributed by atoms with E-state index in [1.165, 1.54) is 29.5 Å². The lowest BCUT2D eigenvalue weighted by Gasteiger charge is -2.25. The number of nitrogen functional groups attached to an aromatic ring is 1. The molecule has 1 aliphatic heterocycles. The molecule has 8 nitrogen and oxygen atoms in total. The minimum absolute atomic E-state index is 0.0391. The van der Waals surface area contributed by atoms with Crippen molar-refractivity contribution < 1.29 is 4.39 Å². The summed E-state index contributed by atoms with van der Waals surface area (Å²) in [4.78, 5) is 27.7. The van der Waals surface area contributed by atoms with Crippen LogP contribution in [0.25, 0.3) is 16.7 Å². The summed E-state index contributed by atoms with van der Waals surface area (Å²) in [5.74, 6) is -0.158. The molecule has 3 N–H and O–H groups in total. The van der Waals surface area contributed by atoms with Gasteiger partial charge in [-0.1, -0.05) is 17.7 Å². The van der Waals surface area contributed by atoms with E-state index in [-0.39, 0.29) is 22.2 Å². The highest BCUT2D eigenvalue weighted by Gasteiger charge is 2.16. The van der Waals surface area contributed by atoms with E-state index in [1.54, 1.807) is 0 Å². The number of nitrogens with zero attached hydrogens (tertiary/aromatic N) is 5. The number of likely N-dealkylation sites (N-methyl/N-ethyl adjacent to an activating group) is 1. The monoisotopic (exact) mass is 451 g/mol. The Morgan fingerprint density at radius 1 is 1.16 bits per heavy atom. The lowest BCUT2D eigenvalue weighted by atomic mass is 9.99. The third-order valence-electron chi connectivity index (χ3n) is 5.49. The molecule has 4 aromatic rings. The molecular weight excluding hydrogens is 433 g/mol. The predicted octanol–water partition coefficient (Wildman–Crippen LogP) is 3.28. The van der Waals surface area contributed by atoms with Crippen LogP contribution in [0.15, 0.2) is 47.4 Å². The lowest BCUT2D eigenvalue weighted by Crippen LogP contribution is -2.26. The van der Waals surface area contributed by atoms with Crippen LogP contribution < -0.4 is 16.7 Å². The van der Waals surface area contributed by atoms with Crippen molar-refractivity contribution in [2.45, 2.75) is 13.0 Å². The summed E-state index contributed by atoms with van der Waals surface area (Å²) in [5.41, 5.74) is 9.35. The van der Waals surface area contributed by atoms with Gasteiger partial charge in [0.15, 0.2) is 5.65 Å². The second-order valence-electron chi connectivity index (χ2n) is 7.74. The number of fused-ring (bicyclic) bond motifs is 2. The van der Waals surface area contributed by atoms with Crippen LogP contribution in [0.3, 0.4) is 0 Å². The lowest BCUT2D eigenvalue weighted by molar-refractivity contribution is 0.313. The fourth-order valence-electron chi connectivity index (χ4n) is 3.86. The number of nitrogens with two attached hydrogens (primary N) is 1. The Morgan fingerprint density at radius 3 is 2.81 bits per heavy atom. The van der Waals surface area contributed by atoms with E-state index in [0.29, 0.717) is 11.3 Å². The Bertz CT molecular complexity index is 1420. The second kappa shape index (κ2) is 7.85. The van der Waals surface area contributed by atoms with E-state index in [1.807, 2.05) is 6.07 Å². The number of benzene rings is 2. The Morgan fingerprint density at radius 2 is 2.00 bits per heavy atom. The molecule has 5 rings (SSSR count). The van der Waals surface area contributed by atoms with Gasteiger partial charge in [0.05, 0.1) is 16.1 Å². The average Bonchev–Trinajstić information content (AvgIpc) is 2.74. The fraction of sp³-hybridized carbons (Fsp3) is 0.182. The topological polar surface area (TPSA) is 102 Å². The summed E-state index contributed by atoms with van der Waals surface area (Å²) in [7, 11) is 2.09. The molecule has 0 bridgehead atoms. The van der Waals surface area contributed by atoms with Crippen molar-refractivity contribution in [1.29, 1.82) is 0 Å². The van der Waals surface area contributed by atoms with E-state index in [9.17, 15) is 9.18 Å². The van der Waals surface area contributed by atoms with Crippen molar-refractivity contribution in [3.63, 3.8) is 0 Å². The summed E-state index contributed by atoms with van der Waals surface area (Å²) in [6, 6.07) is 9.83. The number of halogens is 2. The first-order valence-electron chi connectivity index (χ1n) is 9.97. The molecule has 0 aliphatic carbocycles. The molecule has 32 heavy (non-hydrogen) atoms. The molecule has 2 aromatic heterocycles. The van der Waals surface area contributed by atoms with Crippen molar-refractivity contribution in [3.05, 3.63) is 75.0 Å². The van der Waals surface area contributed by atoms with Gasteiger partial charge < -0.3 is 16.0 Å². The number of hydrogen-bond acceptors (Lipinski definition) is 7. The van der Waals surface area contributed by atoms with Gasteiger partial charge in [-0.3, -0.25) is 0 Å². The van der Waals surface area contributed by atoms with Crippen LogP contribution in [-0.4, -0.2) is 38.0 Å². The van der Waals surface area contributed by atoms with E-state index >= 15 is 0 Å². The van der Waals surface area contributed by atoms with Crippen molar-refractivity contribution in [1.82, 2.24) is 24.4 Å². The molecule has 0 radical (unpaired) electrons. The highest BCUT2D eigenvalue weighted by molar-refractivity contribution is 6.32. The molecule has 0 amide bonds. The molecule has 3 heterocycles. The zero-order valence-electron chi connectivity index (χ0n) is 17.1. The molecule has 2 aromatic carbocycles. The number of aromatic nitrogens is 4. The van der Waals surface area contributed by atoms with Gasteiger partial charge in [0, 0.05) is 25.0 Å². The van der Waals surface area contributed by atoms with Crippen molar-refractivity contribution in [3.8, 4) is 5.69 Å². The van der Waals surface area contributed by atoms with Gasteiger partial charge in [0.25, 0.3) is 0 Å². The Kier molecular flexibility index (Phi) is 4.99. The number of rotatable bonds is 3. The van der Waals surface area contributed by atoms with Gasteiger partial charge in [-0.2, -0.15) is 9.97 Å². The molecule has 10 heteroatoms. The Balaban J connectivity index is 1.51. The van der Waals surface area contributed by atoms with E-state index in [0.717, 1.165) is 35.8 Å². The third kappa shape index (κ3) is 3.65. The zero-order chi connectivity index (χ0) is 22.4. The van der Waals surface area contributed by atoms with Gasteiger partial charge in [-0.15, -0.1) is 0 Å². The summed E-state index contributed by atoms with van der Waals surface area (Å²) in [6.07, 6.45) is 2.51. The number of nitrogens with one attached hydrogen (secondary N) is 1. The van der Waals surface area contributed by atoms with Gasteiger partial charge in [0.2, 0.25) is 5.95 Å². The van der Waals surface area contributed by atoms with Gasteiger partial charge in [-0.25, -0.2) is 18.7 Å². The average molecular weight is 452 g/mol. The Hall–Kier alpha value is -3.56. The Labute approximate surface area is 187 Å². The molecule has 0 fully saturated rings. The van der Waals surface area contributed by atoms with Crippen LogP contribution in [0.1, 0.15) is 11.1 Å². The summed E-state index contributed by atoms with van der Waals surface area (Å²) < 4.78 is 14.5. The molecule has 0 spiro atoms. The standard InChI is InChI=1S/C22H19ClFN7O/c1-30-7-6-12-2-4-15(8-13(12)11-30)27-21-26-10-16-19(25)31(22(32)29-20(16)28-21)18-5-3-14(24)9-17(18)23/h2-5,8-10H,6-7,11,25H2,1H3,(H,27,28,29,32). The molecular formula is C22H19ClFN7O. The molecule has 162 valence electrons. The zero-order valence-corrected chi connectivity index (χ0v) is 17.9. The summed E-state index contributed by atoms with van der Waals surface area (Å²) in [5, 5.41) is 3.58. The van der Waals surface area contributed by atoms with Crippen molar-refractivity contribution >= 4 is 40.1 Å². The molecule has 0 saturated heterocycles. The highest BCUT2D eigenvalue weighted by Crippen LogP contribution is 2.27. The van der Waals surface area contributed by atoms with E-state index in [2.05, 4.69) is 44.3 Å². The molecule has 0 atom stereocenters. The third-order valence-corrected chi connectivity index (χ3v) is 5.80. The highest BCUT2D eigenvalue weighted by atomic mass is 35.5. The second-order valence-corrected chi connectivity index (χ2v) is 8.15. The summed E-state index contributed by atoms with van der Waals surface area (Å²) >= 11 is 6.11. The number of hydrogen-bond donors (Lipinski definition) is 2. The quantitative estimate of drug-likeness (QED) is 0.492. The predicted molar refractivity (Wildman–Crippen MR) is 122 cm³/mol. The molecule has 1 aliphatic rings. The van der Waals surface area contributed by atoms with Crippen LogP contribution in [0.4, 0.5) is 21.8 Å². The van der Waals surface area contributed by atoms with Crippen LogP contribution >= 0.6 is 11.6 Å². The fourth-order valence-corrected chi connectivity index (χ4v) is 4.12. The van der Waals surface area contributed by atoms with Crippen LogP contribution in [0, 0.1) is 5.82 Å². The maximum absolute atomic E-state index is 13.4. The van der Waals surface area contributed by atoms with Gasteiger partial charge in [0.1, 0.15) is 11.6 Å². The number of anilines is 3. The van der Waals surface area contributed by atoms with Crippen molar-refractivity contribution in [2.75, 3.05) is 24.6 Å².